The van der Waals surface area contributed by atoms with E-state index >= 15 is 0 Å². The largest absolute Gasteiger partial charge is 0.389 e. The van der Waals surface area contributed by atoms with E-state index in [2.05, 4.69) is 33.8 Å². The Kier molecular flexibility index (Phi) is 15.4. The number of rotatable bonds is 16. The quantitative estimate of drug-likeness (QED) is 0.106. The van der Waals surface area contributed by atoms with Crippen LogP contribution in [0.15, 0.2) is 12.2 Å². The number of ketones is 1. The number of amides is 5. The third-order valence-corrected chi connectivity index (χ3v) is 12.8. The Balaban J connectivity index is 1.92. The highest BCUT2D eigenvalue weighted by Gasteiger charge is 2.46. The molecule has 53 heavy (non-hydrogen) atoms. The molecule has 5 atom stereocenters. The summed E-state index contributed by atoms with van der Waals surface area (Å²) in [5.74, 6) is -2.81. The highest BCUT2D eigenvalue weighted by molar-refractivity contribution is 7.89. The van der Waals surface area contributed by atoms with Gasteiger partial charge in [0.2, 0.25) is 27.6 Å². The van der Waals surface area contributed by atoms with Gasteiger partial charge in [-0.05, 0) is 63.2 Å². The van der Waals surface area contributed by atoms with Gasteiger partial charge in [-0.3, -0.25) is 19.2 Å². The number of nitrogens with one attached hydrogen (secondary N) is 4. The minimum absolute atomic E-state index is 0.0281. The molecule has 1 aliphatic carbocycles. The lowest BCUT2D eigenvalue weighted by Crippen LogP contribution is -2.64. The van der Waals surface area contributed by atoms with E-state index in [1.54, 1.807) is 6.92 Å². The SMILES string of the molecule is C#CCNC(=O)C(=O)C(CCC(F)(F)F)NC(=O)[C@@H]1CC(C(=C)C)CN1C(=O)[C@@H](NC(=O)N[C@@](CC)(CN1CCCS1(=O)=O)C(C)C)C1CCCCC1. The van der Waals surface area contributed by atoms with Crippen molar-refractivity contribution in [2.75, 3.05) is 31.9 Å². The first-order valence-corrected chi connectivity index (χ1v) is 20.0. The van der Waals surface area contributed by atoms with E-state index in [0.29, 0.717) is 37.8 Å². The van der Waals surface area contributed by atoms with Gasteiger partial charge in [-0.2, -0.15) is 17.5 Å². The number of terminal acetylenes is 1. The average Bonchev–Trinajstić information content (AvgIpc) is 3.69. The normalized spacial score (nSPS) is 23.0. The Labute approximate surface area is 311 Å². The number of carbonyl (C=O) groups excluding carboxylic acids is 5. The van der Waals surface area contributed by atoms with Gasteiger partial charge in [0.15, 0.2) is 0 Å². The summed E-state index contributed by atoms with van der Waals surface area (Å²) in [6.07, 6.45) is 2.76. The van der Waals surface area contributed by atoms with Gasteiger partial charge in [-0.15, -0.1) is 6.42 Å². The van der Waals surface area contributed by atoms with E-state index in [-0.39, 0.29) is 49.6 Å². The highest BCUT2D eigenvalue weighted by Crippen LogP contribution is 2.33. The van der Waals surface area contributed by atoms with Crippen LogP contribution in [0.5, 0.6) is 0 Å². The summed E-state index contributed by atoms with van der Waals surface area (Å²) in [4.78, 5) is 68.9. The second-order valence-corrected chi connectivity index (χ2v) is 17.0. The van der Waals surface area contributed by atoms with Gasteiger partial charge < -0.3 is 26.2 Å². The van der Waals surface area contributed by atoms with Crippen molar-refractivity contribution in [1.29, 1.82) is 0 Å². The maximum atomic E-state index is 14.6. The first kappa shape index (κ1) is 43.8. The second-order valence-electron chi connectivity index (χ2n) is 14.9. The van der Waals surface area contributed by atoms with Crippen LogP contribution in [0.1, 0.15) is 91.9 Å². The van der Waals surface area contributed by atoms with Crippen LogP contribution < -0.4 is 21.3 Å². The van der Waals surface area contributed by atoms with Crippen LogP contribution in [0, 0.1) is 30.1 Å². The molecule has 2 heterocycles. The number of likely N-dealkylation sites (tertiary alicyclic amines) is 1. The third kappa shape index (κ3) is 11.7. The lowest BCUT2D eigenvalue weighted by molar-refractivity contribution is -0.147. The minimum atomic E-state index is -4.69. The van der Waals surface area contributed by atoms with Crippen molar-refractivity contribution in [1.82, 2.24) is 30.5 Å². The number of hydrogen-bond donors (Lipinski definition) is 4. The van der Waals surface area contributed by atoms with Gasteiger partial charge in [0.25, 0.3) is 5.91 Å². The van der Waals surface area contributed by atoms with E-state index in [4.69, 9.17) is 6.42 Å². The summed E-state index contributed by atoms with van der Waals surface area (Å²) in [6.45, 7) is 11.4. The van der Waals surface area contributed by atoms with Crippen molar-refractivity contribution in [2.24, 2.45) is 17.8 Å². The second kappa shape index (κ2) is 18.6. The molecule has 5 amide bonds. The molecule has 0 aromatic rings. The van der Waals surface area contributed by atoms with E-state index in [1.807, 2.05) is 20.8 Å². The molecule has 2 aliphatic heterocycles. The fraction of sp³-hybridized carbons (Fsp3) is 0.750. The maximum Gasteiger partial charge on any atom is 0.389 e. The Morgan fingerprint density at radius 1 is 1.04 bits per heavy atom. The molecule has 298 valence electrons. The fourth-order valence-electron chi connectivity index (χ4n) is 7.50. The topological polar surface area (TPSA) is 174 Å². The summed E-state index contributed by atoms with van der Waals surface area (Å²) < 4.78 is 66.5. The molecule has 13 nitrogen and oxygen atoms in total. The first-order chi connectivity index (χ1) is 24.7. The van der Waals surface area contributed by atoms with Gasteiger partial charge in [0, 0.05) is 26.1 Å². The number of urea groups is 1. The predicted octanol–water partition coefficient (Wildman–Crippen LogP) is 3.01. The van der Waals surface area contributed by atoms with Crippen LogP contribution in [0.4, 0.5) is 18.0 Å². The molecule has 2 unspecified atom stereocenters. The summed E-state index contributed by atoms with van der Waals surface area (Å²) in [5.41, 5.74) is -0.314. The van der Waals surface area contributed by atoms with E-state index in [9.17, 15) is 45.6 Å². The van der Waals surface area contributed by atoms with Crippen molar-refractivity contribution >= 4 is 39.6 Å². The fourth-order valence-corrected chi connectivity index (χ4v) is 9.08. The standard InChI is InChI=1S/C36H55F3N6O7S/c1-7-17-40-32(48)30(46)27(15-16-36(37,38)39)41-31(47)28-20-26(23(3)4)21-45(28)33(49)29(25-13-10-9-11-14-25)42-34(50)43-35(8-2,24(5)6)22-44-18-12-19-53(44,51)52/h1,24-29H,3,8-22H2,2,4-6H3,(H,40,48)(H,41,47)(H2,42,43,50)/t26?,27?,28-,29-,35-/m0/s1. The molecule has 3 rings (SSSR count). The van der Waals surface area contributed by atoms with Crippen LogP contribution in [0.25, 0.3) is 0 Å². The lowest BCUT2D eigenvalue weighted by Gasteiger charge is -2.41. The average molecular weight is 773 g/mol. The zero-order chi connectivity index (χ0) is 39.7. The van der Waals surface area contributed by atoms with Gasteiger partial charge in [0.1, 0.15) is 12.1 Å². The zero-order valence-corrected chi connectivity index (χ0v) is 32.0. The summed E-state index contributed by atoms with van der Waals surface area (Å²) >= 11 is 0. The molecule has 0 aromatic heterocycles. The van der Waals surface area contributed by atoms with Crippen LogP contribution in [0.2, 0.25) is 0 Å². The molecule has 17 heteroatoms. The molecule has 3 fully saturated rings. The molecule has 0 bridgehead atoms. The molecule has 2 saturated heterocycles. The number of Topliss-reactive ketones (excluding diaryl/α,β-unsaturated/α-hetero) is 1. The molecule has 1 saturated carbocycles. The van der Waals surface area contributed by atoms with Crippen LogP contribution >= 0.6 is 0 Å². The van der Waals surface area contributed by atoms with Crippen molar-refractivity contribution in [3.05, 3.63) is 12.2 Å². The minimum Gasteiger partial charge on any atom is -0.344 e. The number of carbonyl (C=O) groups is 5. The Bertz CT molecular complexity index is 1530. The Morgan fingerprint density at radius 2 is 1.70 bits per heavy atom. The van der Waals surface area contributed by atoms with Gasteiger partial charge in [-0.25, -0.2) is 13.2 Å². The van der Waals surface area contributed by atoms with Crippen molar-refractivity contribution in [3.63, 3.8) is 0 Å². The lowest BCUT2D eigenvalue weighted by atomic mass is 9.82. The number of hydrogen-bond acceptors (Lipinski definition) is 7. The monoisotopic (exact) mass is 772 g/mol. The van der Waals surface area contributed by atoms with Crippen LogP contribution in [-0.4, -0.2) is 109 Å². The highest BCUT2D eigenvalue weighted by atomic mass is 32.2. The summed E-state index contributed by atoms with van der Waals surface area (Å²) in [6, 6.07) is -4.86. The van der Waals surface area contributed by atoms with Gasteiger partial charge in [-0.1, -0.05) is 58.1 Å². The molecule has 0 spiro atoms. The summed E-state index contributed by atoms with van der Waals surface area (Å²) in [5, 5.41) is 10.3. The smallest absolute Gasteiger partial charge is 0.344 e. The number of alkyl halides is 3. The molecular weight excluding hydrogens is 717 g/mol. The van der Waals surface area contributed by atoms with E-state index in [0.717, 1.165) is 19.3 Å². The number of nitrogens with zero attached hydrogens (tertiary/aromatic N) is 2. The summed E-state index contributed by atoms with van der Waals surface area (Å²) in [7, 11) is -3.48. The molecule has 4 N–H and O–H groups in total. The van der Waals surface area contributed by atoms with Gasteiger partial charge in [0.05, 0.1) is 23.9 Å². The van der Waals surface area contributed by atoms with Crippen molar-refractivity contribution in [2.45, 2.75) is 122 Å². The number of sulfonamides is 1. The Morgan fingerprint density at radius 3 is 2.23 bits per heavy atom. The first-order valence-electron chi connectivity index (χ1n) is 18.4. The number of halogens is 3. The van der Waals surface area contributed by atoms with Crippen molar-refractivity contribution in [3.8, 4) is 12.3 Å². The van der Waals surface area contributed by atoms with E-state index < -0.39 is 82.2 Å². The molecule has 0 radical (unpaired) electrons. The van der Waals surface area contributed by atoms with Crippen LogP contribution in [-0.2, 0) is 29.2 Å². The zero-order valence-electron chi connectivity index (χ0n) is 31.1. The molecule has 0 aromatic carbocycles. The predicted molar refractivity (Wildman–Crippen MR) is 192 cm³/mol. The maximum absolute atomic E-state index is 14.6. The van der Waals surface area contributed by atoms with Gasteiger partial charge >= 0.3 is 12.2 Å². The van der Waals surface area contributed by atoms with Crippen molar-refractivity contribution < 1.29 is 45.6 Å². The van der Waals surface area contributed by atoms with E-state index in [1.165, 1.54) is 9.21 Å². The Hall–Kier alpha value is -3.65. The van der Waals surface area contributed by atoms with Crippen LogP contribution in [0.3, 0.4) is 0 Å². The third-order valence-electron chi connectivity index (χ3n) is 10.9. The molecular formula is C36H55F3N6O7S. The molecule has 3 aliphatic rings.